The van der Waals surface area contributed by atoms with Crippen molar-refractivity contribution in [2.24, 2.45) is 5.92 Å². The zero-order chi connectivity index (χ0) is 12.3. The van der Waals surface area contributed by atoms with Crippen molar-refractivity contribution in [1.29, 1.82) is 0 Å². The van der Waals surface area contributed by atoms with Crippen LogP contribution < -0.4 is 4.90 Å². The van der Waals surface area contributed by atoms with Crippen molar-refractivity contribution in [3.63, 3.8) is 0 Å². The van der Waals surface area contributed by atoms with Gasteiger partial charge in [0.25, 0.3) is 0 Å². The topological polar surface area (TPSA) is 38.2 Å². The van der Waals surface area contributed by atoms with Crippen LogP contribution in [0.25, 0.3) is 0 Å². The van der Waals surface area contributed by atoms with Gasteiger partial charge in [0.05, 0.1) is 11.1 Å². The molecule has 6 heteroatoms. The Morgan fingerprint density at radius 3 is 3.18 bits per heavy atom. The van der Waals surface area contributed by atoms with Gasteiger partial charge in [-0.15, -0.1) is 0 Å². The first-order valence-corrected chi connectivity index (χ1v) is 6.79. The highest BCUT2D eigenvalue weighted by Gasteiger charge is 2.23. The molecule has 2 heterocycles. The molecule has 0 radical (unpaired) electrons. The van der Waals surface area contributed by atoms with Crippen LogP contribution in [0.4, 0.5) is 5.82 Å². The molecule has 1 aliphatic heterocycles. The van der Waals surface area contributed by atoms with Gasteiger partial charge in [-0.05, 0) is 34.7 Å². The van der Waals surface area contributed by atoms with Crippen LogP contribution in [-0.4, -0.2) is 36.8 Å². The standard InChI is InChI=1S/C11H15BrClN3O/c1-17-6-8-3-2-4-16(5-8)11-9(12)10(13)14-7-15-11/h7-8H,2-6H2,1H3. The molecule has 0 bridgehead atoms. The van der Waals surface area contributed by atoms with Crippen LogP contribution in [-0.2, 0) is 4.74 Å². The number of ether oxygens (including phenoxy) is 1. The fourth-order valence-electron chi connectivity index (χ4n) is 2.19. The van der Waals surface area contributed by atoms with Crippen molar-refractivity contribution >= 4 is 33.3 Å². The molecule has 0 amide bonds. The fourth-order valence-corrected chi connectivity index (χ4v) is 2.77. The second-order valence-corrected chi connectivity index (χ2v) is 5.36. The van der Waals surface area contributed by atoms with E-state index in [4.69, 9.17) is 16.3 Å². The van der Waals surface area contributed by atoms with E-state index in [1.165, 1.54) is 12.7 Å². The van der Waals surface area contributed by atoms with Crippen LogP contribution in [0.3, 0.4) is 0 Å². The SMILES string of the molecule is COCC1CCCN(c2ncnc(Cl)c2Br)C1. The first-order chi connectivity index (χ1) is 8.22. The van der Waals surface area contributed by atoms with E-state index in [9.17, 15) is 0 Å². The smallest absolute Gasteiger partial charge is 0.148 e. The largest absolute Gasteiger partial charge is 0.384 e. The summed E-state index contributed by atoms with van der Waals surface area (Å²) in [5.74, 6) is 1.44. The number of hydrogen-bond donors (Lipinski definition) is 0. The first kappa shape index (κ1) is 13.1. The molecule has 1 fully saturated rings. The molecule has 0 aromatic carbocycles. The highest BCUT2D eigenvalue weighted by atomic mass is 79.9. The quantitative estimate of drug-likeness (QED) is 0.803. The molecule has 0 aliphatic carbocycles. The van der Waals surface area contributed by atoms with Gasteiger partial charge in [0.15, 0.2) is 0 Å². The number of hydrogen-bond acceptors (Lipinski definition) is 4. The van der Waals surface area contributed by atoms with E-state index in [1.807, 2.05) is 0 Å². The Labute approximate surface area is 114 Å². The lowest BCUT2D eigenvalue weighted by molar-refractivity contribution is 0.143. The Morgan fingerprint density at radius 2 is 2.41 bits per heavy atom. The number of anilines is 1. The second-order valence-electron chi connectivity index (χ2n) is 4.21. The molecule has 1 atom stereocenters. The zero-order valence-electron chi connectivity index (χ0n) is 9.70. The van der Waals surface area contributed by atoms with Gasteiger partial charge in [-0.3, -0.25) is 0 Å². The van der Waals surface area contributed by atoms with E-state index in [2.05, 4.69) is 30.8 Å². The Kier molecular flexibility index (Phi) is 4.59. The van der Waals surface area contributed by atoms with Crippen molar-refractivity contribution in [2.75, 3.05) is 31.7 Å². The van der Waals surface area contributed by atoms with Crippen LogP contribution in [0, 0.1) is 5.92 Å². The molecular weight excluding hydrogens is 305 g/mol. The average molecular weight is 321 g/mol. The predicted octanol–water partition coefficient (Wildman–Crippen LogP) is 2.76. The molecule has 0 spiro atoms. The van der Waals surface area contributed by atoms with Crippen LogP contribution in [0.1, 0.15) is 12.8 Å². The van der Waals surface area contributed by atoms with Crippen molar-refractivity contribution in [3.8, 4) is 0 Å². The van der Waals surface area contributed by atoms with Gasteiger partial charge in [0.2, 0.25) is 0 Å². The Hall–Kier alpha value is -0.390. The molecule has 1 saturated heterocycles. The molecule has 17 heavy (non-hydrogen) atoms. The number of halogens is 2. The highest BCUT2D eigenvalue weighted by Crippen LogP contribution is 2.31. The molecule has 4 nitrogen and oxygen atoms in total. The van der Waals surface area contributed by atoms with Crippen molar-refractivity contribution < 1.29 is 4.74 Å². The van der Waals surface area contributed by atoms with E-state index in [1.54, 1.807) is 7.11 Å². The van der Waals surface area contributed by atoms with E-state index in [-0.39, 0.29) is 0 Å². The minimum Gasteiger partial charge on any atom is -0.384 e. The maximum absolute atomic E-state index is 5.98. The number of piperidine rings is 1. The summed E-state index contributed by atoms with van der Waals surface area (Å²) in [4.78, 5) is 10.5. The average Bonchev–Trinajstić information content (AvgIpc) is 2.33. The van der Waals surface area contributed by atoms with Gasteiger partial charge in [-0.25, -0.2) is 9.97 Å². The Bertz CT molecular complexity index is 389. The van der Waals surface area contributed by atoms with Gasteiger partial charge in [0, 0.05) is 20.2 Å². The lowest BCUT2D eigenvalue weighted by atomic mass is 9.99. The summed E-state index contributed by atoms with van der Waals surface area (Å²) in [7, 11) is 1.75. The van der Waals surface area contributed by atoms with Gasteiger partial charge in [-0.1, -0.05) is 11.6 Å². The minimum atomic E-state index is 0.462. The molecule has 2 rings (SSSR count). The van der Waals surface area contributed by atoms with Gasteiger partial charge in [-0.2, -0.15) is 0 Å². The minimum absolute atomic E-state index is 0.462. The number of methoxy groups -OCH3 is 1. The van der Waals surface area contributed by atoms with Crippen LogP contribution in [0.15, 0.2) is 10.8 Å². The lowest BCUT2D eigenvalue weighted by Crippen LogP contribution is -2.37. The third kappa shape index (κ3) is 3.09. The molecule has 1 aromatic heterocycles. The highest BCUT2D eigenvalue weighted by molar-refractivity contribution is 9.10. The molecule has 1 aliphatic rings. The van der Waals surface area contributed by atoms with E-state index >= 15 is 0 Å². The van der Waals surface area contributed by atoms with Gasteiger partial charge < -0.3 is 9.64 Å². The Morgan fingerprint density at radius 1 is 1.59 bits per heavy atom. The molecule has 1 aromatic rings. The summed E-state index contributed by atoms with van der Waals surface area (Å²) in [6, 6.07) is 0. The molecule has 0 saturated carbocycles. The van der Waals surface area contributed by atoms with E-state index in [0.29, 0.717) is 11.1 Å². The van der Waals surface area contributed by atoms with E-state index in [0.717, 1.165) is 36.4 Å². The summed E-state index contributed by atoms with van der Waals surface area (Å²) in [5, 5.41) is 0.462. The Balaban J connectivity index is 2.13. The van der Waals surface area contributed by atoms with Crippen molar-refractivity contribution in [1.82, 2.24) is 9.97 Å². The van der Waals surface area contributed by atoms with Gasteiger partial charge in [0.1, 0.15) is 17.3 Å². The molecular formula is C11H15BrClN3O. The molecule has 0 N–H and O–H groups in total. The summed E-state index contributed by atoms with van der Waals surface area (Å²) in [6.45, 7) is 2.76. The van der Waals surface area contributed by atoms with Crippen LogP contribution >= 0.6 is 27.5 Å². The molecule has 1 unspecified atom stereocenters. The third-order valence-electron chi connectivity index (χ3n) is 2.95. The third-order valence-corrected chi connectivity index (χ3v) is 4.19. The summed E-state index contributed by atoms with van der Waals surface area (Å²) >= 11 is 9.43. The number of rotatable bonds is 3. The second kappa shape index (κ2) is 5.98. The number of aromatic nitrogens is 2. The van der Waals surface area contributed by atoms with Gasteiger partial charge >= 0.3 is 0 Å². The normalized spacial score (nSPS) is 20.6. The van der Waals surface area contributed by atoms with Crippen LogP contribution in [0.2, 0.25) is 5.15 Å². The maximum Gasteiger partial charge on any atom is 0.148 e. The first-order valence-electron chi connectivity index (χ1n) is 5.62. The van der Waals surface area contributed by atoms with Crippen LogP contribution in [0.5, 0.6) is 0 Å². The molecule has 94 valence electrons. The fraction of sp³-hybridized carbons (Fsp3) is 0.636. The lowest BCUT2D eigenvalue weighted by Gasteiger charge is -2.33. The zero-order valence-corrected chi connectivity index (χ0v) is 12.0. The summed E-state index contributed by atoms with van der Waals surface area (Å²) < 4.78 is 6.00. The summed E-state index contributed by atoms with van der Waals surface area (Å²) in [5.41, 5.74) is 0. The maximum atomic E-state index is 5.98. The van der Waals surface area contributed by atoms with Crippen molar-refractivity contribution in [3.05, 3.63) is 16.0 Å². The predicted molar refractivity (Wildman–Crippen MR) is 71.6 cm³/mol. The monoisotopic (exact) mass is 319 g/mol. The van der Waals surface area contributed by atoms with E-state index < -0.39 is 0 Å². The number of nitrogens with zero attached hydrogens (tertiary/aromatic N) is 3. The summed E-state index contributed by atoms with van der Waals surface area (Å²) in [6.07, 6.45) is 3.87. The van der Waals surface area contributed by atoms with Crippen molar-refractivity contribution in [2.45, 2.75) is 12.8 Å².